The maximum absolute atomic E-state index is 12.4. The molecule has 0 saturated heterocycles. The number of hydrogen-bond donors (Lipinski definition) is 2. The zero-order valence-corrected chi connectivity index (χ0v) is 15.5. The van der Waals surface area contributed by atoms with Crippen LogP contribution in [-0.4, -0.2) is 49.6 Å². The number of nitrogens with one attached hydrogen (secondary N) is 2. The van der Waals surface area contributed by atoms with E-state index in [1.54, 1.807) is 7.11 Å². The lowest BCUT2D eigenvalue weighted by Gasteiger charge is -2.17. The molecule has 1 amide bonds. The van der Waals surface area contributed by atoms with Crippen molar-refractivity contribution in [1.82, 2.24) is 15.5 Å². The second-order valence-electron chi connectivity index (χ2n) is 6.38. The third-order valence-electron chi connectivity index (χ3n) is 4.16. The molecule has 1 aliphatic rings. The first-order valence-corrected chi connectivity index (χ1v) is 9.02. The highest BCUT2D eigenvalue weighted by Crippen LogP contribution is 2.22. The molecule has 6 heteroatoms. The number of amides is 1. The van der Waals surface area contributed by atoms with Gasteiger partial charge < -0.3 is 20.3 Å². The van der Waals surface area contributed by atoms with E-state index >= 15 is 0 Å². The van der Waals surface area contributed by atoms with Crippen molar-refractivity contribution in [2.24, 2.45) is 4.99 Å². The van der Waals surface area contributed by atoms with E-state index < -0.39 is 0 Å². The second kappa shape index (κ2) is 10.0. The summed E-state index contributed by atoms with van der Waals surface area (Å²) < 4.78 is 5.13. The van der Waals surface area contributed by atoms with E-state index in [4.69, 9.17) is 4.74 Å². The Kier molecular flexibility index (Phi) is 7.73. The van der Waals surface area contributed by atoms with Gasteiger partial charge >= 0.3 is 0 Å². The lowest BCUT2D eigenvalue weighted by molar-refractivity contribution is -0.131. The normalized spacial score (nSPS) is 15.0. The summed E-state index contributed by atoms with van der Waals surface area (Å²) in [6.45, 7) is 7.60. The smallest absolute Gasteiger partial charge is 0.223 e. The topological polar surface area (TPSA) is 66.0 Å². The number of guanidine groups is 1. The first-order chi connectivity index (χ1) is 12.1. The number of benzene rings is 1. The number of carbonyl (C=O) groups is 1. The van der Waals surface area contributed by atoms with Gasteiger partial charge in [-0.15, -0.1) is 0 Å². The molecular formula is C19H30N4O2. The summed E-state index contributed by atoms with van der Waals surface area (Å²) in [5.41, 5.74) is 2.53. The van der Waals surface area contributed by atoms with Gasteiger partial charge in [-0.25, -0.2) is 0 Å². The molecule has 0 bridgehead atoms. The van der Waals surface area contributed by atoms with E-state index in [1.807, 2.05) is 30.9 Å². The van der Waals surface area contributed by atoms with Crippen LogP contribution in [0.3, 0.4) is 0 Å². The quantitative estimate of drug-likeness (QED) is 0.429. The van der Waals surface area contributed by atoms with E-state index in [9.17, 15) is 4.79 Å². The molecule has 0 saturated carbocycles. The molecule has 1 aliphatic heterocycles. The standard InChI is InChI=1S/C19H30N4O2/c1-4-20-19(22-15(2)14-25-3)21-11-7-10-18(24)23-12-16-8-5-6-9-17(16)13-23/h5-6,8-9,15H,4,7,10-14H2,1-3H3,(H2,20,21,22). The molecule has 0 fully saturated rings. The van der Waals surface area contributed by atoms with Crippen LogP contribution >= 0.6 is 0 Å². The number of nitrogens with zero attached hydrogens (tertiary/aromatic N) is 2. The Hall–Kier alpha value is -2.08. The number of methoxy groups -OCH3 is 1. The van der Waals surface area contributed by atoms with Crippen LogP contribution in [0, 0.1) is 0 Å². The van der Waals surface area contributed by atoms with Crippen LogP contribution in [0.25, 0.3) is 0 Å². The van der Waals surface area contributed by atoms with Gasteiger partial charge in [0.15, 0.2) is 5.96 Å². The number of hydrogen-bond acceptors (Lipinski definition) is 3. The van der Waals surface area contributed by atoms with Crippen LogP contribution < -0.4 is 10.6 Å². The minimum absolute atomic E-state index is 0.188. The lowest BCUT2D eigenvalue weighted by atomic mass is 10.1. The highest BCUT2D eigenvalue weighted by atomic mass is 16.5. The number of fused-ring (bicyclic) bond motifs is 1. The molecule has 0 aromatic heterocycles. The summed E-state index contributed by atoms with van der Waals surface area (Å²) >= 11 is 0. The average Bonchev–Trinajstić information content (AvgIpc) is 3.03. The van der Waals surface area contributed by atoms with Crippen molar-refractivity contribution in [2.75, 3.05) is 26.8 Å². The SMILES string of the molecule is CCNC(=NCCCC(=O)N1Cc2ccccc2C1)NC(C)COC. The van der Waals surface area contributed by atoms with Gasteiger partial charge in [-0.2, -0.15) is 0 Å². The third-order valence-corrected chi connectivity index (χ3v) is 4.16. The second-order valence-corrected chi connectivity index (χ2v) is 6.38. The van der Waals surface area contributed by atoms with Crippen molar-refractivity contribution in [3.63, 3.8) is 0 Å². The molecule has 0 spiro atoms. The Morgan fingerprint density at radius 2 is 2.00 bits per heavy atom. The van der Waals surface area contributed by atoms with Gasteiger partial charge in [-0.1, -0.05) is 24.3 Å². The van der Waals surface area contributed by atoms with Gasteiger partial charge in [-0.3, -0.25) is 9.79 Å². The minimum atomic E-state index is 0.188. The maximum Gasteiger partial charge on any atom is 0.223 e. The predicted octanol–water partition coefficient (Wildman–Crippen LogP) is 1.90. The van der Waals surface area contributed by atoms with Crippen molar-refractivity contribution < 1.29 is 9.53 Å². The summed E-state index contributed by atoms with van der Waals surface area (Å²) in [7, 11) is 1.69. The molecule has 2 N–H and O–H groups in total. The fraction of sp³-hybridized carbons (Fsp3) is 0.579. The highest BCUT2D eigenvalue weighted by Gasteiger charge is 2.22. The van der Waals surface area contributed by atoms with Crippen LogP contribution in [0.5, 0.6) is 0 Å². The molecule has 1 aromatic carbocycles. The molecule has 1 aromatic rings. The number of rotatable bonds is 8. The summed E-state index contributed by atoms with van der Waals surface area (Å²) in [4.78, 5) is 18.8. The van der Waals surface area contributed by atoms with Crippen LogP contribution in [0.15, 0.2) is 29.3 Å². The summed E-state index contributed by atoms with van der Waals surface area (Å²) in [6.07, 6.45) is 1.28. The summed E-state index contributed by atoms with van der Waals surface area (Å²) in [6, 6.07) is 8.45. The van der Waals surface area contributed by atoms with Crippen molar-refractivity contribution in [3.8, 4) is 0 Å². The molecule has 1 unspecified atom stereocenters. The van der Waals surface area contributed by atoms with Gasteiger partial charge in [0.1, 0.15) is 0 Å². The Morgan fingerprint density at radius 3 is 2.60 bits per heavy atom. The fourth-order valence-electron chi connectivity index (χ4n) is 2.93. The van der Waals surface area contributed by atoms with Crippen LogP contribution in [0.1, 0.15) is 37.8 Å². The van der Waals surface area contributed by atoms with Gasteiger partial charge in [0.05, 0.1) is 6.61 Å². The Balaban J connectivity index is 1.74. The Labute approximate surface area is 150 Å². The molecule has 1 atom stereocenters. The minimum Gasteiger partial charge on any atom is -0.383 e. The van der Waals surface area contributed by atoms with E-state index in [-0.39, 0.29) is 11.9 Å². The number of carbonyl (C=O) groups excluding carboxylic acids is 1. The van der Waals surface area contributed by atoms with Crippen molar-refractivity contribution in [3.05, 3.63) is 35.4 Å². The van der Waals surface area contributed by atoms with Gasteiger partial charge in [-0.05, 0) is 31.4 Å². The molecule has 2 rings (SSSR count). The monoisotopic (exact) mass is 346 g/mol. The van der Waals surface area contributed by atoms with E-state index in [0.29, 0.717) is 19.6 Å². The van der Waals surface area contributed by atoms with E-state index in [2.05, 4.69) is 27.8 Å². The largest absolute Gasteiger partial charge is 0.383 e. The Morgan fingerprint density at radius 1 is 1.32 bits per heavy atom. The summed E-state index contributed by atoms with van der Waals surface area (Å²) in [5, 5.41) is 6.51. The molecule has 138 valence electrons. The predicted molar refractivity (Wildman–Crippen MR) is 100 cm³/mol. The third kappa shape index (κ3) is 6.05. The lowest BCUT2D eigenvalue weighted by Crippen LogP contribution is -2.44. The van der Waals surface area contributed by atoms with Crippen molar-refractivity contribution in [1.29, 1.82) is 0 Å². The van der Waals surface area contributed by atoms with Crippen LogP contribution in [0.4, 0.5) is 0 Å². The summed E-state index contributed by atoms with van der Waals surface area (Å²) in [5.74, 6) is 0.977. The molecule has 6 nitrogen and oxygen atoms in total. The first kappa shape index (κ1) is 19.2. The zero-order chi connectivity index (χ0) is 18.1. The zero-order valence-electron chi connectivity index (χ0n) is 15.5. The van der Waals surface area contributed by atoms with E-state index in [1.165, 1.54) is 11.1 Å². The van der Waals surface area contributed by atoms with Gasteiger partial charge in [0.25, 0.3) is 0 Å². The number of ether oxygens (including phenoxy) is 1. The van der Waals surface area contributed by atoms with Gasteiger partial charge in [0.2, 0.25) is 5.91 Å². The molecule has 1 heterocycles. The first-order valence-electron chi connectivity index (χ1n) is 9.02. The molecular weight excluding hydrogens is 316 g/mol. The Bertz CT molecular complexity index is 564. The molecule has 0 aliphatic carbocycles. The fourth-order valence-corrected chi connectivity index (χ4v) is 2.93. The van der Waals surface area contributed by atoms with Crippen molar-refractivity contribution >= 4 is 11.9 Å². The molecule has 25 heavy (non-hydrogen) atoms. The number of aliphatic imine (C=N–C) groups is 1. The van der Waals surface area contributed by atoms with Crippen LogP contribution in [-0.2, 0) is 22.6 Å². The van der Waals surface area contributed by atoms with Gasteiger partial charge in [0, 0.05) is 45.8 Å². The van der Waals surface area contributed by atoms with Crippen LogP contribution in [0.2, 0.25) is 0 Å². The maximum atomic E-state index is 12.4. The average molecular weight is 346 g/mol. The highest BCUT2D eigenvalue weighted by molar-refractivity contribution is 5.80. The van der Waals surface area contributed by atoms with Crippen molar-refractivity contribution in [2.45, 2.75) is 45.8 Å². The van der Waals surface area contributed by atoms with E-state index in [0.717, 1.165) is 32.0 Å². The molecule has 0 radical (unpaired) electrons.